The Morgan fingerprint density at radius 2 is 2.05 bits per heavy atom. The number of halogens is 3. The minimum atomic E-state index is -0.527. The Hall–Kier alpha value is -0.840. The Labute approximate surface area is 126 Å². The molecule has 1 aliphatic heterocycles. The van der Waals surface area contributed by atoms with E-state index in [4.69, 9.17) is 27.9 Å². The van der Waals surface area contributed by atoms with Crippen LogP contribution in [0.3, 0.4) is 0 Å². The third kappa shape index (κ3) is 2.78. The van der Waals surface area contributed by atoms with Crippen LogP contribution in [-0.4, -0.2) is 30.5 Å². The second-order valence-corrected chi connectivity index (χ2v) is 6.02. The lowest BCUT2D eigenvalue weighted by Gasteiger charge is -2.33. The molecule has 1 saturated carbocycles. The zero-order valence-corrected chi connectivity index (χ0v) is 12.3. The van der Waals surface area contributed by atoms with Crippen LogP contribution in [0.15, 0.2) is 12.1 Å². The molecule has 1 saturated heterocycles. The van der Waals surface area contributed by atoms with Crippen molar-refractivity contribution in [1.82, 2.24) is 4.90 Å². The summed E-state index contributed by atoms with van der Waals surface area (Å²) in [6, 6.07) is 2.67. The summed E-state index contributed by atoms with van der Waals surface area (Å²) in [7, 11) is 0. The summed E-state index contributed by atoms with van der Waals surface area (Å²) in [4.78, 5) is 13.9. The van der Waals surface area contributed by atoms with Crippen LogP contribution in [0.5, 0.6) is 0 Å². The standard InChI is InChI=1S/C14H14Cl2FNO2/c15-10-6-11(16)12(17)5-9(10)13-7-18(3-4-20-13)14(19)8-1-2-8/h5-6,8,13H,1-4,7H2/t13-/m0/s1. The van der Waals surface area contributed by atoms with Crippen molar-refractivity contribution in [3.8, 4) is 0 Å². The van der Waals surface area contributed by atoms with Crippen LogP contribution in [0.2, 0.25) is 10.0 Å². The van der Waals surface area contributed by atoms with Crippen molar-refractivity contribution in [2.75, 3.05) is 19.7 Å². The molecule has 3 rings (SSSR count). The van der Waals surface area contributed by atoms with Gasteiger partial charge in [0.05, 0.1) is 18.2 Å². The van der Waals surface area contributed by atoms with E-state index in [-0.39, 0.29) is 16.8 Å². The largest absolute Gasteiger partial charge is 0.370 e. The summed E-state index contributed by atoms with van der Waals surface area (Å²) in [5.74, 6) is -0.185. The average Bonchev–Trinajstić information content (AvgIpc) is 3.27. The number of carbonyl (C=O) groups excluding carboxylic acids is 1. The zero-order chi connectivity index (χ0) is 14.3. The van der Waals surface area contributed by atoms with Gasteiger partial charge in [0.1, 0.15) is 11.9 Å². The van der Waals surface area contributed by atoms with Gasteiger partial charge in [-0.2, -0.15) is 0 Å². The average molecular weight is 318 g/mol. The van der Waals surface area contributed by atoms with Crippen LogP contribution >= 0.6 is 23.2 Å². The summed E-state index contributed by atoms with van der Waals surface area (Å²) in [6.07, 6.45) is 1.54. The summed E-state index contributed by atoms with van der Waals surface area (Å²) >= 11 is 11.8. The monoisotopic (exact) mass is 317 g/mol. The van der Waals surface area contributed by atoms with Crippen LogP contribution in [0, 0.1) is 11.7 Å². The van der Waals surface area contributed by atoms with E-state index in [1.54, 1.807) is 4.90 Å². The molecule has 6 heteroatoms. The maximum Gasteiger partial charge on any atom is 0.225 e. The summed E-state index contributed by atoms with van der Waals surface area (Å²) in [6.45, 7) is 1.43. The molecule has 1 aromatic rings. The molecule has 3 nitrogen and oxygen atoms in total. The van der Waals surface area contributed by atoms with E-state index >= 15 is 0 Å². The van der Waals surface area contributed by atoms with E-state index < -0.39 is 11.9 Å². The molecule has 0 radical (unpaired) electrons. The first-order valence-corrected chi connectivity index (χ1v) is 7.36. The molecule has 0 aromatic heterocycles. The lowest BCUT2D eigenvalue weighted by atomic mass is 10.1. The fraction of sp³-hybridized carbons (Fsp3) is 0.500. The topological polar surface area (TPSA) is 29.5 Å². The summed E-state index contributed by atoms with van der Waals surface area (Å²) < 4.78 is 19.2. The lowest BCUT2D eigenvalue weighted by molar-refractivity contribution is -0.140. The molecule has 1 atom stereocenters. The molecule has 0 unspecified atom stereocenters. The summed E-state index contributed by atoms with van der Waals surface area (Å²) in [5, 5.41) is 0.350. The SMILES string of the molecule is O=C(C1CC1)N1CCO[C@H](c2cc(F)c(Cl)cc2Cl)C1. The molecule has 108 valence electrons. The molecule has 20 heavy (non-hydrogen) atoms. The van der Waals surface area contributed by atoms with Crippen LogP contribution < -0.4 is 0 Å². The van der Waals surface area contributed by atoms with Crippen molar-refractivity contribution >= 4 is 29.1 Å². The van der Waals surface area contributed by atoms with Crippen LogP contribution in [0.1, 0.15) is 24.5 Å². The Kier molecular flexibility index (Phi) is 3.89. The van der Waals surface area contributed by atoms with Crippen molar-refractivity contribution in [2.24, 2.45) is 5.92 Å². The number of amides is 1. The van der Waals surface area contributed by atoms with Gasteiger partial charge in [0, 0.05) is 23.0 Å². The molecule has 0 N–H and O–H groups in total. The van der Waals surface area contributed by atoms with Crippen molar-refractivity contribution in [1.29, 1.82) is 0 Å². The van der Waals surface area contributed by atoms with Crippen LogP contribution in [0.25, 0.3) is 0 Å². The number of rotatable bonds is 2. The lowest BCUT2D eigenvalue weighted by Crippen LogP contribution is -2.43. The van der Waals surface area contributed by atoms with E-state index in [0.29, 0.717) is 30.3 Å². The van der Waals surface area contributed by atoms with E-state index in [0.717, 1.165) is 12.8 Å². The fourth-order valence-electron chi connectivity index (χ4n) is 2.41. The number of nitrogens with zero attached hydrogens (tertiary/aromatic N) is 1. The van der Waals surface area contributed by atoms with Gasteiger partial charge in [-0.05, 0) is 25.0 Å². The predicted octanol–water partition coefficient (Wildman–Crippen LogP) is 3.44. The number of benzene rings is 1. The number of ether oxygens (including phenoxy) is 1. The van der Waals surface area contributed by atoms with Crippen LogP contribution in [-0.2, 0) is 9.53 Å². The first-order valence-electron chi connectivity index (χ1n) is 6.61. The molecule has 1 aliphatic carbocycles. The normalized spacial score (nSPS) is 22.9. The number of carbonyl (C=O) groups is 1. The van der Waals surface area contributed by atoms with Gasteiger partial charge in [0.15, 0.2) is 0 Å². The Balaban J connectivity index is 1.79. The van der Waals surface area contributed by atoms with Crippen molar-refractivity contribution in [3.63, 3.8) is 0 Å². The van der Waals surface area contributed by atoms with E-state index in [2.05, 4.69) is 0 Å². The maximum atomic E-state index is 13.6. The number of hydrogen-bond donors (Lipinski definition) is 0. The molecule has 2 aliphatic rings. The van der Waals surface area contributed by atoms with Gasteiger partial charge in [-0.3, -0.25) is 4.79 Å². The highest BCUT2D eigenvalue weighted by Gasteiger charge is 2.36. The summed E-state index contributed by atoms with van der Waals surface area (Å²) in [5.41, 5.74) is 0.543. The van der Waals surface area contributed by atoms with Gasteiger partial charge < -0.3 is 9.64 Å². The number of hydrogen-bond acceptors (Lipinski definition) is 2. The second kappa shape index (κ2) is 5.51. The molecule has 1 heterocycles. The third-order valence-electron chi connectivity index (χ3n) is 3.69. The van der Waals surface area contributed by atoms with Crippen molar-refractivity contribution < 1.29 is 13.9 Å². The van der Waals surface area contributed by atoms with Crippen molar-refractivity contribution in [3.05, 3.63) is 33.6 Å². The van der Waals surface area contributed by atoms with E-state index in [1.165, 1.54) is 12.1 Å². The van der Waals surface area contributed by atoms with Gasteiger partial charge in [0.2, 0.25) is 5.91 Å². The van der Waals surface area contributed by atoms with E-state index in [1.807, 2.05) is 0 Å². The van der Waals surface area contributed by atoms with E-state index in [9.17, 15) is 9.18 Å². The van der Waals surface area contributed by atoms with Crippen molar-refractivity contribution in [2.45, 2.75) is 18.9 Å². The Morgan fingerprint density at radius 3 is 2.75 bits per heavy atom. The smallest absolute Gasteiger partial charge is 0.225 e. The van der Waals surface area contributed by atoms with Gasteiger partial charge in [-0.25, -0.2) is 4.39 Å². The molecule has 1 aromatic carbocycles. The van der Waals surface area contributed by atoms with Gasteiger partial charge >= 0.3 is 0 Å². The molecule has 0 bridgehead atoms. The minimum Gasteiger partial charge on any atom is -0.370 e. The molecular weight excluding hydrogens is 304 g/mol. The maximum absolute atomic E-state index is 13.6. The Morgan fingerprint density at radius 1 is 1.30 bits per heavy atom. The highest BCUT2D eigenvalue weighted by Crippen LogP contribution is 2.35. The molecule has 0 spiro atoms. The quantitative estimate of drug-likeness (QED) is 0.782. The second-order valence-electron chi connectivity index (χ2n) is 5.21. The third-order valence-corrected chi connectivity index (χ3v) is 4.31. The highest BCUT2D eigenvalue weighted by molar-refractivity contribution is 6.35. The van der Waals surface area contributed by atoms with Gasteiger partial charge in [-0.1, -0.05) is 23.2 Å². The molecule has 2 fully saturated rings. The first kappa shape index (κ1) is 14.1. The minimum absolute atomic E-state index is 0.0135. The highest BCUT2D eigenvalue weighted by atomic mass is 35.5. The number of morpholine rings is 1. The molecular formula is C14H14Cl2FNO2. The zero-order valence-electron chi connectivity index (χ0n) is 10.7. The fourth-order valence-corrected chi connectivity index (χ4v) is 2.92. The predicted molar refractivity (Wildman–Crippen MR) is 74.4 cm³/mol. The first-order chi connectivity index (χ1) is 9.56. The van der Waals surface area contributed by atoms with Gasteiger partial charge in [0.25, 0.3) is 0 Å². The molecule has 1 amide bonds. The Bertz CT molecular complexity index is 548. The van der Waals surface area contributed by atoms with Gasteiger partial charge in [-0.15, -0.1) is 0 Å². The van der Waals surface area contributed by atoms with Crippen LogP contribution in [0.4, 0.5) is 4.39 Å².